The normalized spacial score (nSPS) is 11.3. The van der Waals surface area contributed by atoms with E-state index in [2.05, 4.69) is 43.4 Å². The third-order valence-corrected chi connectivity index (χ3v) is 3.15. The summed E-state index contributed by atoms with van der Waals surface area (Å²) < 4.78 is 5.94. The highest BCUT2D eigenvalue weighted by Gasteiger charge is 2.21. The second kappa shape index (κ2) is 4.61. The third-order valence-electron chi connectivity index (χ3n) is 2.34. The zero-order chi connectivity index (χ0) is 12.5. The average molecular weight is 334 g/mol. The second-order valence-corrected chi connectivity index (χ2v) is 5.76. The molecule has 1 N–H and O–H groups in total. The minimum atomic E-state index is -0.958. The van der Waals surface area contributed by atoms with E-state index in [1.807, 2.05) is 6.07 Å². The number of rotatable bonds is 2. The quantitative estimate of drug-likeness (QED) is 0.845. The fraction of sp³-hybridized carbons (Fsp3) is 0.417. The smallest absolute Gasteiger partial charge is 0.339 e. The molecule has 0 aromatic heterocycles. The van der Waals surface area contributed by atoms with Gasteiger partial charge in [0.15, 0.2) is 0 Å². The zero-order valence-electron chi connectivity index (χ0n) is 9.80. The van der Waals surface area contributed by atoms with Gasteiger partial charge in [0.25, 0.3) is 0 Å². The molecule has 1 aromatic rings. The number of hydrogen-bond acceptors (Lipinski definition) is 2. The summed E-state index contributed by atoms with van der Waals surface area (Å²) in [6.07, 6.45) is 0. The van der Waals surface area contributed by atoms with Gasteiger partial charge in [0.1, 0.15) is 11.3 Å². The van der Waals surface area contributed by atoms with Crippen LogP contribution in [0.3, 0.4) is 0 Å². The summed E-state index contributed by atoms with van der Waals surface area (Å²) in [5.41, 5.74) is 1.14. The Morgan fingerprint density at radius 1 is 1.38 bits per heavy atom. The Morgan fingerprint density at radius 2 is 1.94 bits per heavy atom. The van der Waals surface area contributed by atoms with Crippen molar-refractivity contribution in [2.24, 2.45) is 0 Å². The van der Waals surface area contributed by atoms with E-state index in [1.165, 1.54) is 7.11 Å². The van der Waals surface area contributed by atoms with Crippen LogP contribution >= 0.6 is 22.6 Å². The molecule has 0 radical (unpaired) electrons. The second-order valence-electron chi connectivity index (χ2n) is 4.59. The van der Waals surface area contributed by atoms with Crippen LogP contribution in [0.4, 0.5) is 0 Å². The highest BCUT2D eigenvalue weighted by atomic mass is 127. The predicted octanol–water partition coefficient (Wildman–Crippen LogP) is 3.30. The molecule has 0 amide bonds. The molecule has 1 aromatic carbocycles. The Labute approximate surface area is 109 Å². The van der Waals surface area contributed by atoms with Crippen LogP contribution in [0, 0.1) is 3.57 Å². The molecule has 0 unspecified atom stereocenters. The van der Waals surface area contributed by atoms with Crippen molar-refractivity contribution in [2.75, 3.05) is 7.11 Å². The van der Waals surface area contributed by atoms with E-state index in [-0.39, 0.29) is 11.0 Å². The van der Waals surface area contributed by atoms with Gasteiger partial charge < -0.3 is 9.84 Å². The molecular weight excluding hydrogens is 319 g/mol. The summed E-state index contributed by atoms with van der Waals surface area (Å²) in [6.45, 7) is 6.16. The van der Waals surface area contributed by atoms with E-state index in [1.54, 1.807) is 6.07 Å². The maximum Gasteiger partial charge on any atom is 0.339 e. The Kier molecular flexibility index (Phi) is 3.83. The molecule has 0 heterocycles. The topological polar surface area (TPSA) is 46.5 Å². The minimum absolute atomic E-state index is 0.0730. The van der Waals surface area contributed by atoms with Gasteiger partial charge in [-0.2, -0.15) is 0 Å². The maximum absolute atomic E-state index is 11.1. The van der Waals surface area contributed by atoms with Crippen molar-refractivity contribution in [3.05, 3.63) is 26.8 Å². The van der Waals surface area contributed by atoms with Crippen molar-refractivity contribution < 1.29 is 14.6 Å². The fourth-order valence-electron chi connectivity index (χ4n) is 1.39. The summed E-state index contributed by atoms with van der Waals surface area (Å²) in [7, 11) is 1.49. The molecule has 0 saturated heterocycles. The molecule has 0 spiro atoms. The Hall–Kier alpha value is -0.780. The van der Waals surface area contributed by atoms with Crippen molar-refractivity contribution in [3.8, 4) is 5.75 Å². The van der Waals surface area contributed by atoms with Crippen LogP contribution in [-0.2, 0) is 5.41 Å². The largest absolute Gasteiger partial charge is 0.495 e. The number of carbonyl (C=O) groups is 1. The van der Waals surface area contributed by atoms with Crippen LogP contribution in [-0.4, -0.2) is 18.2 Å². The number of methoxy groups -OCH3 is 1. The summed E-state index contributed by atoms with van der Waals surface area (Å²) in [4.78, 5) is 11.1. The van der Waals surface area contributed by atoms with Crippen LogP contribution in [0.1, 0.15) is 36.7 Å². The highest BCUT2D eigenvalue weighted by Crippen LogP contribution is 2.32. The molecule has 0 aliphatic heterocycles. The van der Waals surface area contributed by atoms with Gasteiger partial charge >= 0.3 is 5.97 Å². The lowest BCUT2D eigenvalue weighted by Crippen LogP contribution is -2.14. The molecular formula is C12H15IO3. The number of benzene rings is 1. The number of ether oxygens (including phenoxy) is 1. The van der Waals surface area contributed by atoms with Gasteiger partial charge in [0.05, 0.1) is 10.7 Å². The lowest BCUT2D eigenvalue weighted by molar-refractivity contribution is 0.0693. The molecule has 88 valence electrons. The predicted molar refractivity (Wildman–Crippen MR) is 71.4 cm³/mol. The van der Waals surface area contributed by atoms with Gasteiger partial charge in [-0.25, -0.2) is 4.79 Å². The Morgan fingerprint density at radius 3 is 2.31 bits per heavy atom. The van der Waals surface area contributed by atoms with Gasteiger partial charge in [-0.15, -0.1) is 0 Å². The SMILES string of the molecule is COc1c(I)cc(C(C)(C)C)cc1C(=O)O. The first-order valence-electron chi connectivity index (χ1n) is 4.88. The molecule has 3 nitrogen and oxygen atoms in total. The van der Waals surface area contributed by atoms with Crippen molar-refractivity contribution in [3.63, 3.8) is 0 Å². The molecule has 0 fully saturated rings. The van der Waals surface area contributed by atoms with Gasteiger partial charge in [-0.3, -0.25) is 0 Å². The summed E-state index contributed by atoms with van der Waals surface area (Å²) >= 11 is 2.10. The summed E-state index contributed by atoms with van der Waals surface area (Å²) in [5, 5.41) is 9.13. The Balaban J connectivity index is 3.46. The molecule has 4 heteroatoms. The van der Waals surface area contributed by atoms with Gasteiger partial charge in [-0.1, -0.05) is 20.8 Å². The van der Waals surface area contributed by atoms with Crippen LogP contribution in [0.25, 0.3) is 0 Å². The van der Waals surface area contributed by atoms with Crippen LogP contribution in [0.5, 0.6) is 5.75 Å². The zero-order valence-corrected chi connectivity index (χ0v) is 12.0. The van der Waals surface area contributed by atoms with Crippen LogP contribution in [0.2, 0.25) is 0 Å². The van der Waals surface area contributed by atoms with E-state index >= 15 is 0 Å². The summed E-state index contributed by atoms with van der Waals surface area (Å²) in [5.74, 6) is -0.526. The fourth-order valence-corrected chi connectivity index (χ4v) is 2.24. The Bertz CT molecular complexity index is 419. The van der Waals surface area contributed by atoms with E-state index in [4.69, 9.17) is 9.84 Å². The van der Waals surface area contributed by atoms with Crippen molar-refractivity contribution in [1.29, 1.82) is 0 Å². The number of halogens is 1. The van der Waals surface area contributed by atoms with Gasteiger partial charge in [-0.05, 0) is 45.7 Å². The van der Waals surface area contributed by atoms with Crippen molar-refractivity contribution in [1.82, 2.24) is 0 Å². The molecule has 0 aliphatic rings. The minimum Gasteiger partial charge on any atom is -0.495 e. The van der Waals surface area contributed by atoms with Gasteiger partial charge in [0.2, 0.25) is 0 Å². The first-order valence-corrected chi connectivity index (χ1v) is 5.96. The first-order chi connectivity index (χ1) is 7.27. The van der Waals surface area contributed by atoms with Crippen molar-refractivity contribution >= 4 is 28.6 Å². The van der Waals surface area contributed by atoms with Crippen molar-refractivity contribution in [2.45, 2.75) is 26.2 Å². The maximum atomic E-state index is 11.1. The van der Waals surface area contributed by atoms with E-state index < -0.39 is 5.97 Å². The van der Waals surface area contributed by atoms with E-state index in [9.17, 15) is 4.79 Å². The van der Waals surface area contributed by atoms with Crippen LogP contribution < -0.4 is 4.74 Å². The molecule has 0 atom stereocenters. The average Bonchev–Trinajstić information content (AvgIpc) is 2.14. The standard InChI is InChI=1S/C12H15IO3/c1-12(2,3)7-5-8(11(14)15)10(16-4)9(13)6-7/h5-6H,1-4H3,(H,14,15). The third kappa shape index (κ3) is 2.66. The molecule has 1 rings (SSSR count). The van der Waals surface area contributed by atoms with E-state index in [0.29, 0.717) is 5.75 Å². The lowest BCUT2D eigenvalue weighted by Gasteiger charge is -2.21. The number of aromatic carboxylic acids is 1. The van der Waals surface area contributed by atoms with Crippen LogP contribution in [0.15, 0.2) is 12.1 Å². The molecule has 0 bridgehead atoms. The number of carboxylic acid groups (broad SMARTS) is 1. The summed E-state index contributed by atoms with van der Waals surface area (Å²) in [6, 6.07) is 3.65. The number of hydrogen-bond donors (Lipinski definition) is 1. The highest BCUT2D eigenvalue weighted by molar-refractivity contribution is 14.1. The number of carboxylic acids is 1. The van der Waals surface area contributed by atoms with Gasteiger partial charge in [0, 0.05) is 0 Å². The lowest BCUT2D eigenvalue weighted by atomic mass is 9.86. The monoisotopic (exact) mass is 334 g/mol. The van der Waals surface area contributed by atoms with E-state index in [0.717, 1.165) is 9.13 Å². The molecule has 0 aliphatic carbocycles. The molecule has 16 heavy (non-hydrogen) atoms. The first kappa shape index (κ1) is 13.3. The molecule has 0 saturated carbocycles.